The zero-order chi connectivity index (χ0) is 9.46. The predicted molar refractivity (Wildman–Crippen MR) is 42.0 cm³/mol. The van der Waals surface area contributed by atoms with Gasteiger partial charge in [0.05, 0.1) is 0 Å². The third kappa shape index (κ3) is 1.79. The molecular formula is C6H2BF5S+2. The molecule has 0 spiro atoms. The second kappa shape index (κ2) is 4.00. The number of benzene rings is 1. The van der Waals surface area contributed by atoms with Crippen molar-refractivity contribution in [3.05, 3.63) is 29.1 Å². The second-order valence-electron chi connectivity index (χ2n) is 1.98. The van der Waals surface area contributed by atoms with Crippen molar-refractivity contribution in [1.29, 1.82) is 0 Å². The molecule has 0 aromatic heterocycles. The normalized spacial score (nSPS) is 9.77. The molecule has 0 nitrogen and oxygen atoms in total. The van der Waals surface area contributed by atoms with Crippen molar-refractivity contribution < 1.29 is 22.0 Å². The van der Waals surface area contributed by atoms with Crippen molar-refractivity contribution in [3.63, 3.8) is 0 Å². The van der Waals surface area contributed by atoms with Gasteiger partial charge in [0.1, 0.15) is 0 Å². The molecule has 0 saturated carbocycles. The molecule has 1 aromatic carbocycles. The molecule has 0 aliphatic rings. The number of halogens is 5. The summed E-state index contributed by atoms with van der Waals surface area (Å²) >= 11 is 0. The first-order valence-electron chi connectivity index (χ1n) is 2.73. The summed E-state index contributed by atoms with van der Waals surface area (Å²) in [5.41, 5.74) is -1.37. The first-order valence-corrected chi connectivity index (χ1v) is 2.73. The van der Waals surface area contributed by atoms with Crippen molar-refractivity contribution in [3.8, 4) is 0 Å². The van der Waals surface area contributed by atoms with E-state index in [-0.39, 0.29) is 13.5 Å². The summed E-state index contributed by atoms with van der Waals surface area (Å²) in [6, 6.07) is 0. The molecule has 1 aromatic rings. The molecule has 0 bridgehead atoms. The minimum atomic E-state index is -2.21. The van der Waals surface area contributed by atoms with Gasteiger partial charge in [-0.3, -0.25) is 0 Å². The maximum atomic E-state index is 12.3. The van der Waals surface area contributed by atoms with Crippen LogP contribution < -0.4 is 5.46 Å². The Morgan fingerprint density at radius 1 is 0.615 bits per heavy atom. The molecular weight excluding hydrogens is 210 g/mol. The molecule has 0 aliphatic carbocycles. The average molecular weight is 212 g/mol. The van der Waals surface area contributed by atoms with Crippen LogP contribution in [-0.4, -0.2) is 7.85 Å². The van der Waals surface area contributed by atoms with Gasteiger partial charge < -0.3 is 0 Å². The Bertz CT molecular complexity index is 235. The van der Waals surface area contributed by atoms with Crippen LogP contribution in [-0.2, 0) is 0 Å². The molecule has 0 saturated heterocycles. The molecule has 0 fully saturated rings. The van der Waals surface area contributed by atoms with E-state index in [2.05, 4.69) is 7.85 Å². The van der Waals surface area contributed by atoms with Gasteiger partial charge in [0.15, 0.2) is 0 Å². The molecule has 0 aliphatic heterocycles. The van der Waals surface area contributed by atoms with Crippen LogP contribution in [0.4, 0.5) is 22.0 Å². The Morgan fingerprint density at radius 3 is 1.15 bits per heavy atom. The van der Waals surface area contributed by atoms with E-state index >= 15 is 0 Å². The molecule has 0 radical (unpaired) electrons. The van der Waals surface area contributed by atoms with Crippen molar-refractivity contribution in [1.82, 2.24) is 0 Å². The van der Waals surface area contributed by atoms with Gasteiger partial charge in [-0.05, 0) is 0 Å². The molecule has 1 rings (SSSR count). The van der Waals surface area contributed by atoms with Gasteiger partial charge in [0.25, 0.3) is 0 Å². The van der Waals surface area contributed by atoms with Crippen LogP contribution in [0.3, 0.4) is 0 Å². The molecule has 0 N–H and O–H groups in total. The summed E-state index contributed by atoms with van der Waals surface area (Å²) < 4.78 is 61.1. The van der Waals surface area contributed by atoms with E-state index in [1.807, 2.05) is 0 Å². The molecule has 7 heteroatoms. The van der Waals surface area contributed by atoms with Gasteiger partial charge in [-0.2, -0.15) is 13.5 Å². The van der Waals surface area contributed by atoms with Crippen molar-refractivity contribution >= 4 is 26.8 Å². The van der Waals surface area contributed by atoms with Gasteiger partial charge >= 0.3 is 64.3 Å². The standard InChI is InChI=1S/C6BF5.H2S/c7-1-2(8)4(10)6(12)5(11)3(1)9;/h;1H2/q+2;. The van der Waals surface area contributed by atoms with E-state index in [9.17, 15) is 22.0 Å². The summed E-state index contributed by atoms with van der Waals surface area (Å²) in [5, 5.41) is 0. The average Bonchev–Trinajstić information content (AvgIpc) is 2.08. The van der Waals surface area contributed by atoms with E-state index in [4.69, 9.17) is 0 Å². The molecule has 0 atom stereocenters. The first kappa shape index (κ1) is 12.3. The first-order chi connectivity index (χ1) is 5.46. The third-order valence-corrected chi connectivity index (χ3v) is 1.24. The summed E-state index contributed by atoms with van der Waals surface area (Å²) in [6.45, 7) is 0. The third-order valence-electron chi connectivity index (χ3n) is 1.24. The topological polar surface area (TPSA) is 0 Å². The fourth-order valence-electron chi connectivity index (χ4n) is 0.622. The predicted octanol–water partition coefficient (Wildman–Crippen LogP) is 1.29. The Labute approximate surface area is 78.6 Å². The number of hydrogen-bond acceptors (Lipinski definition) is 0. The fraction of sp³-hybridized carbons (Fsp3) is 0. The molecule has 0 unspecified atom stereocenters. The van der Waals surface area contributed by atoms with Gasteiger partial charge in [-0.15, -0.1) is 0 Å². The second-order valence-corrected chi connectivity index (χ2v) is 1.98. The van der Waals surface area contributed by atoms with Gasteiger partial charge in [-0.25, -0.2) is 0 Å². The van der Waals surface area contributed by atoms with Gasteiger partial charge in [0, 0.05) is 0 Å². The van der Waals surface area contributed by atoms with Crippen molar-refractivity contribution in [2.45, 2.75) is 0 Å². The van der Waals surface area contributed by atoms with Crippen LogP contribution in [0.2, 0.25) is 0 Å². The van der Waals surface area contributed by atoms with Gasteiger partial charge in [0.2, 0.25) is 0 Å². The molecule has 13 heavy (non-hydrogen) atoms. The molecule has 68 valence electrons. The van der Waals surface area contributed by atoms with E-state index in [0.717, 1.165) is 0 Å². The summed E-state index contributed by atoms with van der Waals surface area (Å²) in [7, 11) is 4.56. The fourth-order valence-corrected chi connectivity index (χ4v) is 0.622. The summed E-state index contributed by atoms with van der Waals surface area (Å²) in [5.74, 6) is -10.3. The molecule has 0 amide bonds. The quantitative estimate of drug-likeness (QED) is 0.263. The Hall–Kier alpha value is -0.715. The van der Waals surface area contributed by atoms with E-state index < -0.39 is 34.5 Å². The summed E-state index contributed by atoms with van der Waals surface area (Å²) in [4.78, 5) is 0. The number of rotatable bonds is 0. The molecule has 0 heterocycles. The van der Waals surface area contributed by atoms with Gasteiger partial charge in [-0.1, -0.05) is 0 Å². The van der Waals surface area contributed by atoms with Crippen LogP contribution in [0, 0.1) is 29.1 Å². The maximum absolute atomic E-state index is 12.3. The van der Waals surface area contributed by atoms with E-state index in [1.165, 1.54) is 0 Å². The van der Waals surface area contributed by atoms with E-state index in [1.54, 1.807) is 0 Å². The number of hydrogen-bond donors (Lipinski definition) is 0. The van der Waals surface area contributed by atoms with Crippen LogP contribution >= 0.6 is 13.5 Å². The zero-order valence-electron chi connectivity index (χ0n) is 5.97. The Kier molecular flexibility index (Phi) is 3.78. The monoisotopic (exact) mass is 212 g/mol. The van der Waals surface area contributed by atoms with Crippen LogP contribution in [0.25, 0.3) is 0 Å². The van der Waals surface area contributed by atoms with Crippen LogP contribution in [0.15, 0.2) is 0 Å². The van der Waals surface area contributed by atoms with Crippen molar-refractivity contribution in [2.24, 2.45) is 0 Å². The van der Waals surface area contributed by atoms with Crippen LogP contribution in [0.1, 0.15) is 0 Å². The van der Waals surface area contributed by atoms with Crippen molar-refractivity contribution in [2.75, 3.05) is 0 Å². The Morgan fingerprint density at radius 2 is 0.846 bits per heavy atom. The van der Waals surface area contributed by atoms with Crippen LogP contribution in [0.5, 0.6) is 0 Å². The minimum absolute atomic E-state index is 0. The SMILES string of the molecule is S.[B+2]c1c(F)c(F)c(F)c(F)c1F. The Balaban J connectivity index is 0.00000144. The summed E-state index contributed by atoms with van der Waals surface area (Å²) in [6.07, 6.45) is 0. The zero-order valence-corrected chi connectivity index (χ0v) is 6.97. The van der Waals surface area contributed by atoms with E-state index in [0.29, 0.717) is 0 Å².